The molecule has 0 saturated carbocycles. The van der Waals surface area contributed by atoms with Gasteiger partial charge in [0.15, 0.2) is 18.1 Å². The normalized spacial score (nSPS) is 9.67. The minimum Gasteiger partial charge on any atom is -0.496 e. The molecule has 132 valence electrons. The van der Waals surface area contributed by atoms with Gasteiger partial charge >= 0.3 is 5.97 Å². The maximum absolute atomic E-state index is 12.1. The van der Waals surface area contributed by atoms with Crippen molar-refractivity contribution in [1.82, 2.24) is 10.6 Å². The van der Waals surface area contributed by atoms with Crippen molar-refractivity contribution >= 4 is 17.8 Å². The van der Waals surface area contributed by atoms with Crippen LogP contribution in [0.1, 0.15) is 10.4 Å². The summed E-state index contributed by atoms with van der Waals surface area (Å²) in [6, 6.07) is 2.86. The molecule has 2 N–H and O–H groups in total. The number of hydrogen-bond donors (Lipinski definition) is 2. The van der Waals surface area contributed by atoms with Gasteiger partial charge in [0.05, 0.1) is 27.9 Å². The zero-order valence-corrected chi connectivity index (χ0v) is 13.9. The second kappa shape index (κ2) is 9.23. The van der Waals surface area contributed by atoms with Crippen LogP contribution in [-0.4, -0.2) is 59.3 Å². The van der Waals surface area contributed by atoms with Gasteiger partial charge in [-0.25, -0.2) is 4.79 Å². The molecule has 1 aromatic carbocycles. The minimum atomic E-state index is -0.775. The molecule has 0 radical (unpaired) electrons. The predicted molar refractivity (Wildman–Crippen MR) is 83.5 cm³/mol. The van der Waals surface area contributed by atoms with E-state index in [1.54, 1.807) is 0 Å². The lowest BCUT2D eigenvalue weighted by molar-refractivity contribution is -0.127. The Hall–Kier alpha value is -2.97. The number of rotatable bonds is 8. The Morgan fingerprint density at radius 2 is 1.50 bits per heavy atom. The van der Waals surface area contributed by atoms with Gasteiger partial charge < -0.3 is 29.6 Å². The molecule has 0 unspecified atom stereocenters. The van der Waals surface area contributed by atoms with Crippen molar-refractivity contribution in [3.63, 3.8) is 0 Å². The Morgan fingerprint density at radius 1 is 0.917 bits per heavy atom. The highest BCUT2D eigenvalue weighted by molar-refractivity contribution is 5.95. The third-order valence-corrected chi connectivity index (χ3v) is 2.98. The molecule has 0 spiro atoms. The molecular weight excluding hydrogens is 320 g/mol. The summed E-state index contributed by atoms with van der Waals surface area (Å²) in [7, 11) is 5.70. The minimum absolute atomic E-state index is 0.0780. The Morgan fingerprint density at radius 3 is 2.04 bits per heavy atom. The first kappa shape index (κ1) is 19.1. The van der Waals surface area contributed by atoms with Crippen LogP contribution >= 0.6 is 0 Å². The van der Waals surface area contributed by atoms with E-state index in [-0.39, 0.29) is 23.8 Å². The molecule has 0 heterocycles. The van der Waals surface area contributed by atoms with Crippen molar-refractivity contribution in [3.05, 3.63) is 17.7 Å². The van der Waals surface area contributed by atoms with Gasteiger partial charge in [0, 0.05) is 19.2 Å². The number of esters is 1. The van der Waals surface area contributed by atoms with Crippen molar-refractivity contribution in [1.29, 1.82) is 0 Å². The summed E-state index contributed by atoms with van der Waals surface area (Å²) in [4.78, 5) is 34.7. The fraction of sp³-hybridized carbons (Fsp3) is 0.400. The first-order valence-corrected chi connectivity index (χ1v) is 6.91. The molecule has 1 aromatic rings. The van der Waals surface area contributed by atoms with Gasteiger partial charge in [0.1, 0.15) is 11.3 Å². The van der Waals surface area contributed by atoms with Crippen molar-refractivity contribution in [2.45, 2.75) is 0 Å². The van der Waals surface area contributed by atoms with E-state index >= 15 is 0 Å². The predicted octanol–water partition coefficient (Wildman–Crippen LogP) is -0.269. The summed E-state index contributed by atoms with van der Waals surface area (Å²) in [5, 5.41) is 4.65. The van der Waals surface area contributed by atoms with Gasteiger partial charge in [-0.05, 0) is 0 Å². The highest BCUT2D eigenvalue weighted by Gasteiger charge is 2.20. The van der Waals surface area contributed by atoms with E-state index in [9.17, 15) is 14.4 Å². The Labute approximate surface area is 139 Å². The van der Waals surface area contributed by atoms with Crippen LogP contribution < -0.4 is 24.8 Å². The molecular formula is C15H20N2O7. The molecule has 0 aliphatic rings. The zero-order valence-electron chi connectivity index (χ0n) is 13.9. The van der Waals surface area contributed by atoms with Crippen molar-refractivity contribution in [2.24, 2.45) is 0 Å². The number of benzene rings is 1. The number of carbonyl (C=O) groups is 3. The number of methoxy groups -OCH3 is 3. The average Bonchev–Trinajstić information content (AvgIpc) is 2.62. The highest BCUT2D eigenvalue weighted by Crippen LogP contribution is 2.34. The monoisotopic (exact) mass is 340 g/mol. The molecule has 0 aromatic heterocycles. The summed E-state index contributed by atoms with van der Waals surface area (Å²) in [6.07, 6.45) is 0. The zero-order chi connectivity index (χ0) is 18.1. The van der Waals surface area contributed by atoms with Crippen molar-refractivity contribution < 1.29 is 33.3 Å². The Bertz CT molecular complexity index is 616. The lowest BCUT2D eigenvalue weighted by Gasteiger charge is -2.13. The molecule has 1 rings (SSSR count). The van der Waals surface area contributed by atoms with Crippen LogP contribution in [0.15, 0.2) is 12.1 Å². The van der Waals surface area contributed by atoms with E-state index in [2.05, 4.69) is 10.6 Å². The fourth-order valence-electron chi connectivity index (χ4n) is 1.72. The maximum atomic E-state index is 12.1. The summed E-state index contributed by atoms with van der Waals surface area (Å²) in [6.45, 7) is -0.736. The first-order chi connectivity index (χ1) is 11.5. The fourth-order valence-corrected chi connectivity index (χ4v) is 1.72. The average molecular weight is 340 g/mol. The van der Waals surface area contributed by atoms with E-state index < -0.39 is 18.5 Å². The molecule has 0 saturated heterocycles. The van der Waals surface area contributed by atoms with Crippen LogP contribution in [0, 0.1) is 0 Å². The smallest absolute Gasteiger partial charge is 0.342 e. The standard InChI is InChI=1S/C15H20N2O7/c1-16-13(18)7-17-14(19)8-24-15(20)9-5-11(22-3)12(23-4)6-10(9)21-2/h5-6H,7-8H2,1-4H3,(H,16,18)(H,17,19). The Kier molecular flexibility index (Phi) is 7.34. The number of carbonyl (C=O) groups excluding carboxylic acids is 3. The maximum Gasteiger partial charge on any atom is 0.342 e. The van der Waals surface area contributed by atoms with Crippen molar-refractivity contribution in [2.75, 3.05) is 41.5 Å². The lowest BCUT2D eigenvalue weighted by Crippen LogP contribution is -2.37. The molecule has 0 bridgehead atoms. The van der Waals surface area contributed by atoms with Gasteiger partial charge in [0.25, 0.3) is 5.91 Å². The second-order valence-corrected chi connectivity index (χ2v) is 4.43. The van der Waals surface area contributed by atoms with Gasteiger partial charge in [-0.3, -0.25) is 9.59 Å². The van der Waals surface area contributed by atoms with Crippen LogP contribution in [0.5, 0.6) is 17.2 Å². The Balaban J connectivity index is 2.77. The summed E-state index contributed by atoms with van der Waals surface area (Å²) < 4.78 is 20.3. The van der Waals surface area contributed by atoms with Gasteiger partial charge in [-0.1, -0.05) is 0 Å². The molecule has 0 fully saturated rings. The van der Waals surface area contributed by atoms with Crippen LogP contribution in [-0.2, 0) is 14.3 Å². The lowest BCUT2D eigenvalue weighted by atomic mass is 10.1. The van der Waals surface area contributed by atoms with Crippen LogP contribution in [0.4, 0.5) is 0 Å². The molecule has 0 aliphatic heterocycles. The quantitative estimate of drug-likeness (QED) is 0.627. The second-order valence-electron chi connectivity index (χ2n) is 4.43. The number of amides is 2. The van der Waals surface area contributed by atoms with E-state index in [0.717, 1.165) is 0 Å². The number of likely N-dealkylation sites (N-methyl/N-ethyl adjacent to an activating group) is 1. The number of nitrogens with one attached hydrogen (secondary N) is 2. The third-order valence-electron chi connectivity index (χ3n) is 2.98. The summed E-state index contributed by atoms with van der Waals surface area (Å²) in [5.41, 5.74) is 0.0780. The third kappa shape index (κ3) is 5.04. The molecule has 24 heavy (non-hydrogen) atoms. The van der Waals surface area contributed by atoms with E-state index in [1.165, 1.54) is 40.5 Å². The molecule has 9 heteroatoms. The summed E-state index contributed by atoms with van der Waals surface area (Å²) in [5.74, 6) is -0.836. The first-order valence-electron chi connectivity index (χ1n) is 6.91. The number of hydrogen-bond acceptors (Lipinski definition) is 7. The summed E-state index contributed by atoms with van der Waals surface area (Å²) >= 11 is 0. The molecule has 9 nitrogen and oxygen atoms in total. The molecule has 2 amide bonds. The van der Waals surface area contributed by atoms with Gasteiger partial charge in [0.2, 0.25) is 5.91 Å². The topological polar surface area (TPSA) is 112 Å². The SMILES string of the molecule is CNC(=O)CNC(=O)COC(=O)c1cc(OC)c(OC)cc1OC. The van der Waals surface area contributed by atoms with Crippen LogP contribution in [0.2, 0.25) is 0 Å². The largest absolute Gasteiger partial charge is 0.496 e. The van der Waals surface area contributed by atoms with Gasteiger partial charge in [-0.15, -0.1) is 0 Å². The van der Waals surface area contributed by atoms with Gasteiger partial charge in [-0.2, -0.15) is 0 Å². The van der Waals surface area contributed by atoms with Crippen LogP contribution in [0.25, 0.3) is 0 Å². The number of ether oxygens (including phenoxy) is 4. The van der Waals surface area contributed by atoms with E-state index in [0.29, 0.717) is 11.5 Å². The van der Waals surface area contributed by atoms with E-state index in [4.69, 9.17) is 18.9 Å². The van der Waals surface area contributed by atoms with Crippen molar-refractivity contribution in [3.8, 4) is 17.2 Å². The van der Waals surface area contributed by atoms with Crippen LogP contribution in [0.3, 0.4) is 0 Å². The molecule has 0 atom stereocenters. The van der Waals surface area contributed by atoms with E-state index in [1.807, 2.05) is 0 Å². The highest BCUT2D eigenvalue weighted by atomic mass is 16.5. The molecule has 0 aliphatic carbocycles.